The summed E-state index contributed by atoms with van der Waals surface area (Å²) in [7, 11) is 4.14. The zero-order chi connectivity index (χ0) is 40.2. The third-order valence-corrected chi connectivity index (χ3v) is 12.4. The Labute approximate surface area is 339 Å². The van der Waals surface area contributed by atoms with Crippen molar-refractivity contribution < 1.29 is 19.1 Å². The molecule has 1 atom stereocenters. The molecule has 302 valence electrons. The molecule has 0 aliphatic carbocycles. The fourth-order valence-corrected chi connectivity index (χ4v) is 8.57. The maximum absolute atomic E-state index is 14.9. The van der Waals surface area contributed by atoms with Crippen LogP contribution in [-0.4, -0.2) is 101 Å². The van der Waals surface area contributed by atoms with Gasteiger partial charge in [-0.25, -0.2) is 4.79 Å². The first kappa shape index (κ1) is 40.1. The van der Waals surface area contributed by atoms with E-state index in [2.05, 4.69) is 66.5 Å². The number of fused-ring (bicyclic) bond motifs is 2. The zero-order valence-electron chi connectivity index (χ0n) is 34.9. The van der Waals surface area contributed by atoms with E-state index in [0.717, 1.165) is 111 Å². The van der Waals surface area contributed by atoms with E-state index >= 15 is 0 Å². The normalized spacial score (nSPS) is 16.9. The Morgan fingerprint density at radius 3 is 2.14 bits per heavy atom. The molecule has 4 aromatic rings. The van der Waals surface area contributed by atoms with Crippen molar-refractivity contribution in [3.63, 3.8) is 0 Å². The minimum Gasteiger partial charge on any atom is -0.410 e. The zero-order valence-corrected chi connectivity index (χ0v) is 34.9. The third kappa shape index (κ3) is 8.61. The summed E-state index contributed by atoms with van der Waals surface area (Å²) in [4.78, 5) is 53.1. The Morgan fingerprint density at radius 2 is 1.46 bits per heavy atom. The average molecular weight is 773 g/mol. The summed E-state index contributed by atoms with van der Waals surface area (Å²) in [6, 6.07) is 22.3. The first-order valence-electron chi connectivity index (χ1n) is 21.1. The number of carbonyl (C=O) groups is 3. The molecule has 1 fully saturated rings. The molecule has 10 nitrogen and oxygen atoms in total. The molecule has 1 aromatic heterocycles. The standard InChI is InChI=1S/C47H60N6O4/c1-7-9-20-51(21-10-8-2)45(54)41-30-44(49(6)34(41)4)42-28-36-19-22-52(47(56)57-40-17-15-39(16-18-40)50-25-23-48(5)24-26-50)31-38(36)29-43(42)46(55)53-32-37-14-12-11-13-35(37)27-33(53)3/h11-18,28-30,33H,7-10,19-27,31-32H2,1-6H3/t33-/m1/s1. The summed E-state index contributed by atoms with van der Waals surface area (Å²) in [5.74, 6) is 0.516. The molecule has 3 aromatic carbocycles. The summed E-state index contributed by atoms with van der Waals surface area (Å²) < 4.78 is 7.98. The van der Waals surface area contributed by atoms with Gasteiger partial charge in [0.25, 0.3) is 11.8 Å². The summed E-state index contributed by atoms with van der Waals surface area (Å²) in [6.45, 7) is 15.2. The van der Waals surface area contributed by atoms with Crippen molar-refractivity contribution in [2.24, 2.45) is 7.05 Å². The Balaban J connectivity index is 1.19. The first-order chi connectivity index (χ1) is 27.6. The topological polar surface area (TPSA) is 81.6 Å². The molecule has 4 heterocycles. The first-order valence-corrected chi connectivity index (χ1v) is 21.1. The van der Waals surface area contributed by atoms with Gasteiger partial charge in [0.15, 0.2) is 0 Å². The number of carbonyl (C=O) groups excluding carboxylic acids is 3. The number of unbranched alkanes of at least 4 members (excludes halogenated alkanes) is 2. The highest BCUT2D eigenvalue weighted by Gasteiger charge is 2.33. The number of likely N-dealkylation sites (N-methyl/N-ethyl adjacent to an activating group) is 1. The van der Waals surface area contributed by atoms with Gasteiger partial charge in [-0.15, -0.1) is 0 Å². The fourth-order valence-electron chi connectivity index (χ4n) is 8.57. The number of amides is 3. The van der Waals surface area contributed by atoms with E-state index in [9.17, 15) is 14.4 Å². The summed E-state index contributed by atoms with van der Waals surface area (Å²) in [5.41, 5.74) is 9.42. The van der Waals surface area contributed by atoms with Gasteiger partial charge in [-0.05, 0) is 111 Å². The smallest absolute Gasteiger partial charge is 0.410 e. The van der Waals surface area contributed by atoms with Crippen LogP contribution in [0.2, 0.25) is 0 Å². The molecule has 0 bridgehead atoms. The summed E-state index contributed by atoms with van der Waals surface area (Å²) in [6.07, 6.45) is 4.97. The largest absolute Gasteiger partial charge is 0.415 e. The van der Waals surface area contributed by atoms with Crippen LogP contribution in [0.1, 0.15) is 95.1 Å². The van der Waals surface area contributed by atoms with Crippen LogP contribution >= 0.6 is 0 Å². The van der Waals surface area contributed by atoms with E-state index in [1.807, 2.05) is 66.2 Å². The van der Waals surface area contributed by atoms with E-state index < -0.39 is 6.09 Å². The van der Waals surface area contributed by atoms with Crippen molar-refractivity contribution in [1.29, 1.82) is 0 Å². The van der Waals surface area contributed by atoms with Crippen molar-refractivity contribution in [1.82, 2.24) is 24.2 Å². The van der Waals surface area contributed by atoms with E-state index in [4.69, 9.17) is 4.74 Å². The number of nitrogens with zero attached hydrogens (tertiary/aromatic N) is 6. The molecule has 10 heteroatoms. The summed E-state index contributed by atoms with van der Waals surface area (Å²) in [5, 5.41) is 0. The molecular weight excluding hydrogens is 713 g/mol. The average Bonchev–Trinajstić information content (AvgIpc) is 3.52. The molecule has 3 amide bonds. The predicted molar refractivity (Wildman–Crippen MR) is 227 cm³/mol. The van der Waals surface area contributed by atoms with Gasteiger partial charge in [-0.1, -0.05) is 51.0 Å². The molecule has 57 heavy (non-hydrogen) atoms. The molecule has 0 unspecified atom stereocenters. The Bertz CT molecular complexity index is 2070. The lowest BCUT2D eigenvalue weighted by Crippen LogP contribution is -2.44. The highest BCUT2D eigenvalue weighted by atomic mass is 16.6. The number of piperazine rings is 1. The Kier molecular flexibility index (Phi) is 12.4. The molecule has 0 spiro atoms. The minimum atomic E-state index is -0.400. The Hall–Kier alpha value is -5.09. The lowest BCUT2D eigenvalue weighted by molar-refractivity contribution is 0.0658. The number of hydrogen-bond acceptors (Lipinski definition) is 6. The van der Waals surface area contributed by atoms with Crippen molar-refractivity contribution in [3.8, 4) is 17.0 Å². The third-order valence-electron chi connectivity index (χ3n) is 12.4. The van der Waals surface area contributed by atoms with Crippen LogP contribution in [0, 0.1) is 6.92 Å². The van der Waals surface area contributed by atoms with Crippen LogP contribution in [-0.2, 0) is 33.0 Å². The lowest BCUT2D eigenvalue weighted by Gasteiger charge is -2.36. The maximum Gasteiger partial charge on any atom is 0.415 e. The van der Waals surface area contributed by atoms with Gasteiger partial charge in [0.1, 0.15) is 5.75 Å². The van der Waals surface area contributed by atoms with Gasteiger partial charge in [0.05, 0.1) is 5.56 Å². The fraction of sp³-hybridized carbons (Fsp3) is 0.468. The van der Waals surface area contributed by atoms with E-state index in [1.165, 1.54) is 5.56 Å². The van der Waals surface area contributed by atoms with Gasteiger partial charge in [-0.3, -0.25) is 9.59 Å². The second-order valence-corrected chi connectivity index (χ2v) is 16.3. The molecule has 0 radical (unpaired) electrons. The van der Waals surface area contributed by atoms with Crippen molar-refractivity contribution in [3.05, 3.63) is 106 Å². The van der Waals surface area contributed by atoms with Crippen LogP contribution in [0.15, 0.2) is 66.7 Å². The number of rotatable bonds is 11. The number of ether oxygens (including phenoxy) is 1. The number of hydrogen-bond donors (Lipinski definition) is 0. The number of benzene rings is 3. The lowest BCUT2D eigenvalue weighted by atomic mass is 9.90. The quantitative estimate of drug-likeness (QED) is 0.154. The molecule has 3 aliphatic heterocycles. The van der Waals surface area contributed by atoms with Crippen LogP contribution in [0.5, 0.6) is 5.75 Å². The van der Waals surface area contributed by atoms with Gasteiger partial charge in [0.2, 0.25) is 0 Å². The monoisotopic (exact) mass is 772 g/mol. The predicted octanol–water partition coefficient (Wildman–Crippen LogP) is 7.94. The summed E-state index contributed by atoms with van der Waals surface area (Å²) >= 11 is 0. The second-order valence-electron chi connectivity index (χ2n) is 16.3. The van der Waals surface area contributed by atoms with Crippen LogP contribution < -0.4 is 9.64 Å². The van der Waals surface area contributed by atoms with Crippen molar-refractivity contribution >= 4 is 23.6 Å². The van der Waals surface area contributed by atoms with E-state index in [0.29, 0.717) is 42.9 Å². The van der Waals surface area contributed by atoms with Crippen molar-refractivity contribution in [2.45, 2.75) is 85.4 Å². The molecule has 3 aliphatic rings. The van der Waals surface area contributed by atoms with Crippen LogP contribution in [0.4, 0.5) is 10.5 Å². The van der Waals surface area contributed by atoms with Crippen LogP contribution in [0.3, 0.4) is 0 Å². The molecule has 0 N–H and O–H groups in total. The number of anilines is 1. The van der Waals surface area contributed by atoms with Gasteiger partial charge < -0.3 is 33.8 Å². The molecular formula is C47H60N6O4. The van der Waals surface area contributed by atoms with E-state index in [1.54, 1.807) is 4.90 Å². The second kappa shape index (κ2) is 17.6. The molecule has 0 saturated carbocycles. The SMILES string of the molecule is CCCCN(CCCC)C(=O)c1cc(-c2cc3c(cc2C(=O)N2Cc4ccccc4C[C@H]2C)CN(C(=O)Oc2ccc(N4CCN(C)CC4)cc2)CC3)n(C)c1C. The Morgan fingerprint density at radius 1 is 0.772 bits per heavy atom. The highest BCUT2D eigenvalue weighted by molar-refractivity contribution is 6.03. The highest BCUT2D eigenvalue weighted by Crippen LogP contribution is 2.36. The van der Waals surface area contributed by atoms with Crippen molar-refractivity contribution in [2.75, 3.05) is 57.8 Å². The number of aromatic nitrogens is 1. The van der Waals surface area contributed by atoms with Gasteiger partial charge >= 0.3 is 6.09 Å². The van der Waals surface area contributed by atoms with E-state index in [-0.39, 0.29) is 17.9 Å². The van der Waals surface area contributed by atoms with Crippen LogP contribution in [0.25, 0.3) is 11.3 Å². The molecule has 7 rings (SSSR count). The minimum absolute atomic E-state index is 0.00313. The maximum atomic E-state index is 14.9. The molecule has 1 saturated heterocycles. The van der Waals surface area contributed by atoms with Gasteiger partial charge in [0, 0.05) is 100 Å². The van der Waals surface area contributed by atoms with Gasteiger partial charge in [-0.2, -0.15) is 0 Å².